The van der Waals surface area contributed by atoms with Crippen molar-refractivity contribution in [2.24, 2.45) is 0 Å². The summed E-state index contributed by atoms with van der Waals surface area (Å²) >= 11 is 0. The number of nitrogens with one attached hydrogen (secondary N) is 1. The van der Waals surface area contributed by atoms with Crippen LogP contribution in [0.3, 0.4) is 0 Å². The minimum Gasteiger partial charge on any atom is -0.399 e. The van der Waals surface area contributed by atoms with Gasteiger partial charge >= 0.3 is 0 Å². The highest BCUT2D eigenvalue weighted by Gasteiger charge is 2.06. The third kappa shape index (κ3) is 3.55. The maximum atomic E-state index is 12.9. The summed E-state index contributed by atoms with van der Waals surface area (Å²) in [7, 11) is 0. The average molecular weight is 258 g/mol. The number of carbonyl (C=O) groups excluding carboxylic acids is 1. The Morgan fingerprint density at radius 3 is 2.53 bits per heavy atom. The Morgan fingerprint density at radius 2 is 1.89 bits per heavy atom. The first-order chi connectivity index (χ1) is 9.04. The van der Waals surface area contributed by atoms with Gasteiger partial charge in [-0.1, -0.05) is 12.1 Å². The molecule has 0 spiro atoms. The maximum absolute atomic E-state index is 12.9. The fourth-order valence-corrected chi connectivity index (χ4v) is 1.78. The van der Waals surface area contributed by atoms with Crippen molar-refractivity contribution in [3.8, 4) is 0 Å². The van der Waals surface area contributed by atoms with Crippen LogP contribution in [0.15, 0.2) is 42.5 Å². The Bertz CT molecular complexity index is 594. The fraction of sp³-hybridized carbons (Fsp3) is 0.133. The van der Waals surface area contributed by atoms with Crippen molar-refractivity contribution in [3.63, 3.8) is 0 Å². The van der Waals surface area contributed by atoms with Crippen LogP contribution in [0.25, 0.3) is 0 Å². The Balaban J connectivity index is 2.03. The minimum absolute atomic E-state index is 0.139. The number of carbonyl (C=O) groups is 1. The molecule has 2 aromatic carbocycles. The number of nitrogen functional groups attached to an aromatic ring is 1. The summed E-state index contributed by atoms with van der Waals surface area (Å²) in [5.41, 5.74) is 8.45. The lowest BCUT2D eigenvalue weighted by Gasteiger charge is -2.08. The van der Waals surface area contributed by atoms with Crippen LogP contribution in [-0.2, 0) is 11.2 Å². The van der Waals surface area contributed by atoms with E-state index in [0.717, 1.165) is 5.56 Å². The predicted molar refractivity (Wildman–Crippen MR) is 74.3 cm³/mol. The SMILES string of the molecule is Cc1cc(F)ccc1NC(=O)Cc1ccc(N)cc1. The van der Waals surface area contributed by atoms with Crippen LogP contribution in [0.5, 0.6) is 0 Å². The summed E-state index contributed by atoms with van der Waals surface area (Å²) in [6, 6.07) is 11.4. The van der Waals surface area contributed by atoms with Gasteiger partial charge in [0.2, 0.25) is 5.91 Å². The van der Waals surface area contributed by atoms with E-state index in [1.165, 1.54) is 12.1 Å². The summed E-state index contributed by atoms with van der Waals surface area (Å²) < 4.78 is 12.9. The molecule has 0 aliphatic heterocycles. The van der Waals surface area contributed by atoms with Crippen LogP contribution in [0.1, 0.15) is 11.1 Å². The van der Waals surface area contributed by atoms with E-state index in [0.29, 0.717) is 16.9 Å². The quantitative estimate of drug-likeness (QED) is 0.832. The molecule has 0 aliphatic rings. The molecule has 0 saturated heterocycles. The van der Waals surface area contributed by atoms with Gasteiger partial charge in [0.25, 0.3) is 0 Å². The van der Waals surface area contributed by atoms with Crippen molar-refractivity contribution in [1.82, 2.24) is 0 Å². The van der Waals surface area contributed by atoms with Crippen LogP contribution in [0, 0.1) is 12.7 Å². The van der Waals surface area contributed by atoms with E-state index in [9.17, 15) is 9.18 Å². The largest absolute Gasteiger partial charge is 0.399 e. The van der Waals surface area contributed by atoms with Crippen molar-refractivity contribution in [1.29, 1.82) is 0 Å². The average Bonchev–Trinajstić information content (AvgIpc) is 2.36. The molecule has 2 rings (SSSR count). The van der Waals surface area contributed by atoms with Gasteiger partial charge < -0.3 is 11.1 Å². The normalized spacial score (nSPS) is 10.2. The molecule has 1 amide bonds. The van der Waals surface area contributed by atoms with Gasteiger partial charge in [-0.2, -0.15) is 0 Å². The van der Waals surface area contributed by atoms with E-state index in [-0.39, 0.29) is 18.1 Å². The van der Waals surface area contributed by atoms with Gasteiger partial charge in [-0.05, 0) is 48.4 Å². The highest BCUT2D eigenvalue weighted by Crippen LogP contribution is 2.16. The standard InChI is InChI=1S/C15H15FN2O/c1-10-8-12(16)4-7-14(10)18-15(19)9-11-2-5-13(17)6-3-11/h2-8H,9,17H2,1H3,(H,18,19). The second-order valence-corrected chi connectivity index (χ2v) is 4.43. The Kier molecular flexibility index (Phi) is 3.80. The summed E-state index contributed by atoms with van der Waals surface area (Å²) in [5, 5.41) is 2.76. The summed E-state index contributed by atoms with van der Waals surface area (Å²) in [5.74, 6) is -0.450. The second-order valence-electron chi connectivity index (χ2n) is 4.43. The molecule has 0 atom stereocenters. The van der Waals surface area contributed by atoms with Gasteiger partial charge in [0.05, 0.1) is 6.42 Å². The second kappa shape index (κ2) is 5.52. The molecule has 19 heavy (non-hydrogen) atoms. The lowest BCUT2D eigenvalue weighted by atomic mass is 10.1. The molecule has 0 radical (unpaired) electrons. The zero-order valence-electron chi connectivity index (χ0n) is 10.6. The first kappa shape index (κ1) is 13.1. The molecule has 0 fully saturated rings. The van der Waals surface area contributed by atoms with E-state index in [4.69, 9.17) is 5.73 Å². The molecule has 98 valence electrons. The van der Waals surface area contributed by atoms with Crippen molar-refractivity contribution in [3.05, 3.63) is 59.4 Å². The molecular formula is C15H15FN2O. The third-order valence-corrected chi connectivity index (χ3v) is 2.81. The third-order valence-electron chi connectivity index (χ3n) is 2.81. The van der Waals surface area contributed by atoms with Gasteiger partial charge in [-0.25, -0.2) is 4.39 Å². The predicted octanol–water partition coefficient (Wildman–Crippen LogP) is 2.90. The number of aryl methyl sites for hydroxylation is 1. The van der Waals surface area contributed by atoms with Crippen LogP contribution in [-0.4, -0.2) is 5.91 Å². The van der Waals surface area contributed by atoms with Crippen molar-refractivity contribution in [2.45, 2.75) is 13.3 Å². The van der Waals surface area contributed by atoms with Crippen LogP contribution >= 0.6 is 0 Å². The number of amides is 1. The molecule has 3 nitrogen and oxygen atoms in total. The molecule has 0 bridgehead atoms. The number of anilines is 2. The Morgan fingerprint density at radius 1 is 1.21 bits per heavy atom. The zero-order chi connectivity index (χ0) is 13.8. The van der Waals surface area contributed by atoms with Gasteiger partial charge in [0, 0.05) is 11.4 Å². The maximum Gasteiger partial charge on any atom is 0.228 e. The van der Waals surface area contributed by atoms with Crippen LogP contribution in [0.4, 0.5) is 15.8 Å². The van der Waals surface area contributed by atoms with E-state index >= 15 is 0 Å². The number of benzene rings is 2. The Hall–Kier alpha value is -2.36. The molecule has 0 aromatic heterocycles. The first-order valence-electron chi connectivity index (χ1n) is 5.95. The highest BCUT2D eigenvalue weighted by atomic mass is 19.1. The number of hydrogen-bond donors (Lipinski definition) is 2. The number of rotatable bonds is 3. The van der Waals surface area contributed by atoms with E-state index < -0.39 is 0 Å². The monoisotopic (exact) mass is 258 g/mol. The van der Waals surface area contributed by atoms with Crippen molar-refractivity contribution >= 4 is 17.3 Å². The van der Waals surface area contributed by atoms with Gasteiger partial charge in [0.15, 0.2) is 0 Å². The van der Waals surface area contributed by atoms with Gasteiger partial charge in [0.1, 0.15) is 5.82 Å². The number of halogens is 1. The highest BCUT2D eigenvalue weighted by molar-refractivity contribution is 5.92. The van der Waals surface area contributed by atoms with E-state index in [1.54, 1.807) is 25.1 Å². The fourth-order valence-electron chi connectivity index (χ4n) is 1.78. The van der Waals surface area contributed by atoms with Crippen LogP contribution in [0.2, 0.25) is 0 Å². The summed E-state index contributed by atoms with van der Waals surface area (Å²) in [4.78, 5) is 11.9. The molecule has 0 unspecified atom stereocenters. The van der Waals surface area contributed by atoms with Crippen molar-refractivity contribution < 1.29 is 9.18 Å². The zero-order valence-corrected chi connectivity index (χ0v) is 10.6. The lowest BCUT2D eigenvalue weighted by molar-refractivity contribution is -0.115. The molecule has 4 heteroatoms. The molecular weight excluding hydrogens is 243 g/mol. The lowest BCUT2D eigenvalue weighted by Crippen LogP contribution is -2.15. The molecule has 0 saturated carbocycles. The smallest absolute Gasteiger partial charge is 0.228 e. The number of nitrogens with two attached hydrogens (primary N) is 1. The van der Waals surface area contributed by atoms with E-state index in [1.807, 2.05) is 12.1 Å². The molecule has 0 aliphatic carbocycles. The number of hydrogen-bond acceptors (Lipinski definition) is 2. The van der Waals surface area contributed by atoms with Gasteiger partial charge in [-0.15, -0.1) is 0 Å². The van der Waals surface area contributed by atoms with E-state index in [2.05, 4.69) is 5.32 Å². The summed E-state index contributed by atoms with van der Waals surface area (Å²) in [6.45, 7) is 1.75. The topological polar surface area (TPSA) is 55.1 Å². The van der Waals surface area contributed by atoms with Gasteiger partial charge in [-0.3, -0.25) is 4.79 Å². The van der Waals surface area contributed by atoms with Crippen LogP contribution < -0.4 is 11.1 Å². The molecule has 3 N–H and O–H groups in total. The molecule has 2 aromatic rings. The Labute approximate surface area is 111 Å². The minimum atomic E-state index is -0.311. The van der Waals surface area contributed by atoms with Crippen molar-refractivity contribution in [2.75, 3.05) is 11.1 Å². The first-order valence-corrected chi connectivity index (χ1v) is 5.95. The molecule has 0 heterocycles. The summed E-state index contributed by atoms with van der Waals surface area (Å²) in [6.07, 6.45) is 0.261.